The average Bonchev–Trinajstić information content (AvgIpc) is 3.24. The van der Waals surface area contributed by atoms with E-state index in [1.165, 1.54) is 12.1 Å². The smallest absolute Gasteiger partial charge is 0.227 e. The van der Waals surface area contributed by atoms with Gasteiger partial charge in [-0.2, -0.15) is 0 Å². The van der Waals surface area contributed by atoms with Crippen LogP contribution in [-0.4, -0.2) is 12.5 Å². The molecule has 0 spiro atoms. The van der Waals surface area contributed by atoms with Gasteiger partial charge in [0.05, 0.1) is 18.1 Å². The molecule has 0 radical (unpaired) electrons. The summed E-state index contributed by atoms with van der Waals surface area (Å²) in [6.45, 7) is 2.44. The summed E-state index contributed by atoms with van der Waals surface area (Å²) < 4.78 is 25.3. The number of anilines is 1. The molecule has 0 aliphatic carbocycles. The van der Waals surface area contributed by atoms with E-state index in [0.29, 0.717) is 13.0 Å². The second-order valence-electron chi connectivity index (χ2n) is 6.02. The number of hydrogen-bond donors (Lipinski definition) is 0. The highest BCUT2D eigenvalue weighted by Crippen LogP contribution is 2.53. The van der Waals surface area contributed by atoms with E-state index in [9.17, 15) is 9.18 Å². The van der Waals surface area contributed by atoms with Crippen molar-refractivity contribution < 1.29 is 18.3 Å². The van der Waals surface area contributed by atoms with Crippen molar-refractivity contribution in [1.82, 2.24) is 0 Å². The molecule has 1 saturated heterocycles. The van der Waals surface area contributed by atoms with Gasteiger partial charge in [-0.3, -0.25) is 4.79 Å². The summed E-state index contributed by atoms with van der Waals surface area (Å²) in [6, 6.07) is 8.07. The Balaban J connectivity index is 1.91. The standard InChI is InChI=1S/C18H18FNO3/c1-2-16(21)20-14-6-5-11(19)10-13(14)18-12(7-9-23-18)17(20)15-4-3-8-22-15/h3-6,8,10,12,17-18H,2,7,9H2,1H3/t12-,17+,18-/m0/s1. The zero-order valence-corrected chi connectivity index (χ0v) is 12.9. The predicted octanol–water partition coefficient (Wildman–Crippen LogP) is 3.99. The first-order chi connectivity index (χ1) is 11.2. The number of hydrogen-bond acceptors (Lipinski definition) is 3. The normalized spacial score (nSPS) is 26.0. The Labute approximate surface area is 133 Å². The highest BCUT2D eigenvalue weighted by molar-refractivity contribution is 5.95. The fourth-order valence-electron chi connectivity index (χ4n) is 3.82. The third-order valence-electron chi connectivity index (χ3n) is 4.78. The quantitative estimate of drug-likeness (QED) is 0.841. The number of amides is 1. The fourth-order valence-corrected chi connectivity index (χ4v) is 3.82. The molecule has 1 aromatic heterocycles. The molecular formula is C18H18FNO3. The molecule has 4 nitrogen and oxygen atoms in total. The lowest BCUT2D eigenvalue weighted by Crippen LogP contribution is -2.43. The average molecular weight is 315 g/mol. The molecule has 1 aromatic carbocycles. The molecule has 2 aliphatic heterocycles. The van der Waals surface area contributed by atoms with Gasteiger partial charge in [-0.15, -0.1) is 0 Å². The van der Waals surface area contributed by atoms with E-state index in [2.05, 4.69) is 0 Å². The SMILES string of the molecule is CCC(=O)N1c2ccc(F)cc2[C@H]2OCC[C@H]2[C@@H]1c1ccco1. The minimum absolute atomic E-state index is 0.00427. The Morgan fingerprint density at radius 3 is 3.00 bits per heavy atom. The maximum Gasteiger partial charge on any atom is 0.227 e. The molecule has 5 heteroatoms. The minimum atomic E-state index is -0.307. The zero-order chi connectivity index (χ0) is 16.0. The molecule has 1 amide bonds. The van der Waals surface area contributed by atoms with E-state index < -0.39 is 0 Å². The first-order valence-corrected chi connectivity index (χ1v) is 7.97. The molecule has 1 fully saturated rings. The Kier molecular flexibility index (Phi) is 3.45. The van der Waals surface area contributed by atoms with E-state index in [1.54, 1.807) is 17.2 Å². The van der Waals surface area contributed by atoms with Gasteiger partial charge in [0.25, 0.3) is 0 Å². The molecule has 0 unspecified atom stereocenters. The van der Waals surface area contributed by atoms with Crippen molar-refractivity contribution in [2.75, 3.05) is 11.5 Å². The lowest BCUT2D eigenvalue weighted by molar-refractivity contribution is -0.119. The molecule has 23 heavy (non-hydrogen) atoms. The number of furan rings is 1. The predicted molar refractivity (Wildman–Crippen MR) is 82.4 cm³/mol. The summed E-state index contributed by atoms with van der Waals surface area (Å²) in [5, 5.41) is 0. The van der Waals surface area contributed by atoms with Crippen molar-refractivity contribution in [3.8, 4) is 0 Å². The van der Waals surface area contributed by atoms with Gasteiger partial charge in [-0.05, 0) is 36.8 Å². The summed E-state index contributed by atoms with van der Waals surface area (Å²) in [7, 11) is 0. The van der Waals surface area contributed by atoms with Gasteiger partial charge in [0.2, 0.25) is 5.91 Å². The number of benzene rings is 1. The summed E-state index contributed by atoms with van der Waals surface area (Å²) in [4.78, 5) is 14.4. The van der Waals surface area contributed by atoms with Crippen LogP contribution in [0.15, 0.2) is 41.0 Å². The van der Waals surface area contributed by atoms with Crippen LogP contribution in [0.2, 0.25) is 0 Å². The molecule has 3 atom stereocenters. The van der Waals surface area contributed by atoms with Crippen molar-refractivity contribution >= 4 is 11.6 Å². The first-order valence-electron chi connectivity index (χ1n) is 7.97. The van der Waals surface area contributed by atoms with Crippen LogP contribution in [0.25, 0.3) is 0 Å². The Morgan fingerprint density at radius 1 is 1.39 bits per heavy atom. The maximum atomic E-state index is 13.8. The lowest BCUT2D eigenvalue weighted by atomic mass is 9.81. The molecule has 0 N–H and O–H groups in total. The number of carbonyl (C=O) groups is 1. The van der Waals surface area contributed by atoms with Gasteiger partial charge in [0.1, 0.15) is 17.6 Å². The highest BCUT2D eigenvalue weighted by Gasteiger charge is 2.48. The number of nitrogens with zero attached hydrogens (tertiary/aromatic N) is 1. The van der Waals surface area contributed by atoms with Crippen molar-refractivity contribution in [3.05, 3.63) is 53.7 Å². The van der Waals surface area contributed by atoms with E-state index in [-0.39, 0.29) is 29.8 Å². The number of rotatable bonds is 2. The summed E-state index contributed by atoms with van der Waals surface area (Å²) in [5.74, 6) is 0.524. The molecule has 4 rings (SSSR count). The second kappa shape index (κ2) is 5.49. The van der Waals surface area contributed by atoms with E-state index in [1.807, 2.05) is 19.1 Å². The van der Waals surface area contributed by atoms with Crippen molar-refractivity contribution in [2.24, 2.45) is 5.92 Å². The summed E-state index contributed by atoms with van der Waals surface area (Å²) in [6.07, 6.45) is 2.62. The third kappa shape index (κ3) is 2.18. The number of ether oxygens (including phenoxy) is 1. The van der Waals surface area contributed by atoms with Crippen LogP contribution in [-0.2, 0) is 9.53 Å². The van der Waals surface area contributed by atoms with Gasteiger partial charge in [0.15, 0.2) is 0 Å². The summed E-state index contributed by atoms with van der Waals surface area (Å²) >= 11 is 0. The maximum absolute atomic E-state index is 13.8. The van der Waals surface area contributed by atoms with Crippen molar-refractivity contribution in [2.45, 2.75) is 31.9 Å². The molecular weight excluding hydrogens is 297 g/mol. The minimum Gasteiger partial charge on any atom is -0.467 e. The van der Waals surface area contributed by atoms with Crippen LogP contribution in [0.1, 0.15) is 43.2 Å². The van der Waals surface area contributed by atoms with E-state index in [4.69, 9.17) is 9.15 Å². The fraction of sp³-hybridized carbons (Fsp3) is 0.389. The Morgan fingerprint density at radius 2 is 2.26 bits per heavy atom. The van der Waals surface area contributed by atoms with Gasteiger partial charge >= 0.3 is 0 Å². The molecule has 2 aliphatic rings. The first kappa shape index (κ1) is 14.5. The second-order valence-corrected chi connectivity index (χ2v) is 6.02. The molecule has 0 saturated carbocycles. The van der Waals surface area contributed by atoms with E-state index in [0.717, 1.165) is 23.4 Å². The highest BCUT2D eigenvalue weighted by atomic mass is 19.1. The third-order valence-corrected chi connectivity index (χ3v) is 4.78. The van der Waals surface area contributed by atoms with Crippen LogP contribution in [0.3, 0.4) is 0 Å². The number of carbonyl (C=O) groups excluding carboxylic acids is 1. The van der Waals surface area contributed by atoms with Gasteiger partial charge < -0.3 is 14.1 Å². The van der Waals surface area contributed by atoms with Crippen LogP contribution in [0.5, 0.6) is 0 Å². The molecule has 3 heterocycles. The number of halogens is 1. The molecule has 2 aromatic rings. The van der Waals surface area contributed by atoms with Gasteiger partial charge in [-0.25, -0.2) is 4.39 Å². The van der Waals surface area contributed by atoms with Crippen LogP contribution < -0.4 is 4.90 Å². The lowest BCUT2D eigenvalue weighted by Gasteiger charge is -2.42. The molecule has 120 valence electrons. The number of fused-ring (bicyclic) bond motifs is 3. The van der Waals surface area contributed by atoms with Crippen molar-refractivity contribution in [3.63, 3.8) is 0 Å². The van der Waals surface area contributed by atoms with Crippen LogP contribution in [0.4, 0.5) is 10.1 Å². The Hall–Kier alpha value is -2.14. The molecule has 0 bridgehead atoms. The largest absolute Gasteiger partial charge is 0.467 e. The van der Waals surface area contributed by atoms with Crippen molar-refractivity contribution in [1.29, 1.82) is 0 Å². The monoisotopic (exact) mass is 315 g/mol. The van der Waals surface area contributed by atoms with Crippen LogP contribution >= 0.6 is 0 Å². The summed E-state index contributed by atoms with van der Waals surface area (Å²) in [5.41, 5.74) is 1.49. The van der Waals surface area contributed by atoms with Gasteiger partial charge in [-0.1, -0.05) is 6.92 Å². The van der Waals surface area contributed by atoms with E-state index >= 15 is 0 Å². The van der Waals surface area contributed by atoms with Gasteiger partial charge in [0, 0.05) is 24.5 Å². The van der Waals surface area contributed by atoms with Crippen LogP contribution in [0, 0.1) is 11.7 Å². The zero-order valence-electron chi connectivity index (χ0n) is 12.9. The Bertz CT molecular complexity index is 728. The topological polar surface area (TPSA) is 42.7 Å².